The monoisotopic (exact) mass is 260 g/mol. The highest BCUT2D eigenvalue weighted by Crippen LogP contribution is 2.19. The van der Waals surface area contributed by atoms with Gasteiger partial charge < -0.3 is 10.2 Å². The molecule has 2 rings (SSSR count). The fourth-order valence-corrected chi connectivity index (χ4v) is 2.28. The van der Waals surface area contributed by atoms with Gasteiger partial charge in [-0.2, -0.15) is 0 Å². The van der Waals surface area contributed by atoms with E-state index in [-0.39, 0.29) is 11.8 Å². The fraction of sp³-hybridized carbons (Fsp3) is 0.467. The van der Waals surface area contributed by atoms with Crippen molar-refractivity contribution < 1.29 is 9.59 Å². The third-order valence-electron chi connectivity index (χ3n) is 3.53. The molecule has 0 saturated carbocycles. The molecule has 19 heavy (non-hydrogen) atoms. The second-order valence-electron chi connectivity index (χ2n) is 4.79. The molecule has 0 aromatic heterocycles. The van der Waals surface area contributed by atoms with Crippen LogP contribution >= 0.6 is 0 Å². The minimum Gasteiger partial charge on any atom is -0.344 e. The second kappa shape index (κ2) is 5.87. The Bertz CT molecular complexity index is 468. The maximum Gasteiger partial charge on any atom is 0.249 e. The Kier molecular flexibility index (Phi) is 4.20. The van der Waals surface area contributed by atoms with Crippen LogP contribution in [0.25, 0.3) is 0 Å². The van der Waals surface area contributed by atoms with E-state index in [4.69, 9.17) is 0 Å². The van der Waals surface area contributed by atoms with Gasteiger partial charge >= 0.3 is 0 Å². The summed E-state index contributed by atoms with van der Waals surface area (Å²) in [5, 5.41) is 2.77. The van der Waals surface area contributed by atoms with E-state index in [1.54, 1.807) is 4.90 Å². The summed E-state index contributed by atoms with van der Waals surface area (Å²) in [5.74, 6) is -0.0644. The van der Waals surface area contributed by atoms with Gasteiger partial charge in [0.1, 0.15) is 6.04 Å². The quantitative estimate of drug-likeness (QED) is 0.902. The normalized spacial score (nSPS) is 20.1. The van der Waals surface area contributed by atoms with Gasteiger partial charge in [-0.25, -0.2) is 0 Å². The number of carbonyl (C=O) groups excluding carboxylic acids is 2. The average molecular weight is 260 g/mol. The molecule has 1 aromatic carbocycles. The van der Waals surface area contributed by atoms with Crippen LogP contribution in [0, 0.1) is 0 Å². The Morgan fingerprint density at radius 3 is 2.47 bits per heavy atom. The lowest BCUT2D eigenvalue weighted by Crippen LogP contribution is -2.44. The first-order chi connectivity index (χ1) is 9.15. The molecular formula is C15H20N2O2. The number of aryl methyl sites for hydroxylation is 1. The van der Waals surface area contributed by atoms with Gasteiger partial charge in [0.2, 0.25) is 11.8 Å². The maximum atomic E-state index is 12.4. The Labute approximate surface area is 113 Å². The first kappa shape index (κ1) is 13.6. The molecule has 1 heterocycles. The number of nitrogens with zero attached hydrogens (tertiary/aromatic N) is 1. The van der Waals surface area contributed by atoms with Gasteiger partial charge in [0.25, 0.3) is 0 Å². The molecule has 1 aliphatic rings. The van der Waals surface area contributed by atoms with Crippen molar-refractivity contribution in [3.05, 3.63) is 29.8 Å². The van der Waals surface area contributed by atoms with Crippen LogP contribution in [-0.4, -0.2) is 24.4 Å². The lowest BCUT2D eigenvalue weighted by Gasteiger charge is -2.23. The fourth-order valence-electron chi connectivity index (χ4n) is 2.28. The molecular weight excluding hydrogens is 240 g/mol. The first-order valence-electron chi connectivity index (χ1n) is 6.85. The van der Waals surface area contributed by atoms with E-state index in [0.717, 1.165) is 12.1 Å². The summed E-state index contributed by atoms with van der Waals surface area (Å²) in [4.78, 5) is 25.7. The van der Waals surface area contributed by atoms with Crippen molar-refractivity contribution in [1.82, 2.24) is 5.32 Å². The smallest absolute Gasteiger partial charge is 0.249 e. The number of hydrogen-bond donors (Lipinski definition) is 1. The molecule has 1 aliphatic heterocycles. The van der Waals surface area contributed by atoms with Crippen LogP contribution in [0.1, 0.15) is 32.3 Å². The van der Waals surface area contributed by atoms with Crippen LogP contribution in [0.4, 0.5) is 5.69 Å². The Morgan fingerprint density at radius 1 is 1.21 bits per heavy atom. The number of nitrogens with one attached hydrogen (secondary N) is 1. The van der Waals surface area contributed by atoms with E-state index >= 15 is 0 Å². The minimum atomic E-state index is -0.402. The summed E-state index contributed by atoms with van der Waals surface area (Å²) < 4.78 is 0. The van der Waals surface area contributed by atoms with Crippen molar-refractivity contribution >= 4 is 17.5 Å². The predicted octanol–water partition coefficient (Wildman–Crippen LogP) is 1.88. The van der Waals surface area contributed by atoms with Gasteiger partial charge in [0.05, 0.1) is 0 Å². The Hall–Kier alpha value is -1.84. The summed E-state index contributed by atoms with van der Waals surface area (Å²) in [6.45, 7) is 4.46. The van der Waals surface area contributed by atoms with Gasteiger partial charge in [0.15, 0.2) is 0 Å². The summed E-state index contributed by atoms with van der Waals surface area (Å²) in [5.41, 5.74) is 2.12. The summed E-state index contributed by atoms with van der Waals surface area (Å²) in [7, 11) is 0. The van der Waals surface area contributed by atoms with Crippen molar-refractivity contribution in [3.63, 3.8) is 0 Å². The van der Waals surface area contributed by atoms with E-state index in [0.29, 0.717) is 19.4 Å². The summed E-state index contributed by atoms with van der Waals surface area (Å²) in [6, 6.07) is 7.58. The van der Waals surface area contributed by atoms with Crippen LogP contribution < -0.4 is 10.2 Å². The standard InChI is InChI=1S/C15H20N2O2/c1-3-11-5-7-12(8-6-11)17-10-9-14(18)16-13(4-2)15(17)19/h5-8,13H,3-4,9-10H2,1-2H3,(H,16,18). The molecule has 1 aromatic rings. The van der Waals surface area contributed by atoms with E-state index < -0.39 is 6.04 Å². The third kappa shape index (κ3) is 2.95. The second-order valence-corrected chi connectivity index (χ2v) is 4.79. The maximum absolute atomic E-state index is 12.4. The molecule has 1 unspecified atom stereocenters. The number of carbonyl (C=O) groups is 2. The zero-order valence-corrected chi connectivity index (χ0v) is 11.5. The van der Waals surface area contributed by atoms with Crippen LogP contribution in [0.15, 0.2) is 24.3 Å². The molecule has 0 radical (unpaired) electrons. The molecule has 1 N–H and O–H groups in total. The largest absolute Gasteiger partial charge is 0.344 e. The van der Waals surface area contributed by atoms with Gasteiger partial charge in [-0.1, -0.05) is 26.0 Å². The molecule has 102 valence electrons. The van der Waals surface area contributed by atoms with Gasteiger partial charge in [0, 0.05) is 18.7 Å². The number of amides is 2. The van der Waals surface area contributed by atoms with E-state index in [1.165, 1.54) is 5.56 Å². The van der Waals surface area contributed by atoms with Crippen LogP contribution in [0.3, 0.4) is 0 Å². The van der Waals surface area contributed by atoms with Crippen molar-refractivity contribution in [2.24, 2.45) is 0 Å². The lowest BCUT2D eigenvalue weighted by molar-refractivity contribution is -0.125. The molecule has 4 nitrogen and oxygen atoms in total. The third-order valence-corrected chi connectivity index (χ3v) is 3.53. The lowest BCUT2D eigenvalue weighted by atomic mass is 10.1. The van der Waals surface area contributed by atoms with Gasteiger partial charge in [-0.3, -0.25) is 9.59 Å². The van der Waals surface area contributed by atoms with E-state index in [9.17, 15) is 9.59 Å². The first-order valence-corrected chi connectivity index (χ1v) is 6.85. The molecule has 1 fully saturated rings. The number of benzene rings is 1. The van der Waals surface area contributed by atoms with E-state index in [2.05, 4.69) is 12.2 Å². The predicted molar refractivity (Wildman–Crippen MR) is 75.0 cm³/mol. The topological polar surface area (TPSA) is 49.4 Å². The molecule has 2 amide bonds. The molecule has 0 spiro atoms. The zero-order chi connectivity index (χ0) is 13.8. The van der Waals surface area contributed by atoms with Crippen molar-refractivity contribution in [2.75, 3.05) is 11.4 Å². The van der Waals surface area contributed by atoms with E-state index in [1.807, 2.05) is 31.2 Å². The number of hydrogen-bond acceptors (Lipinski definition) is 2. The average Bonchev–Trinajstić information content (AvgIpc) is 2.58. The number of anilines is 1. The highest BCUT2D eigenvalue weighted by molar-refractivity contribution is 6.01. The van der Waals surface area contributed by atoms with Crippen LogP contribution in [0.2, 0.25) is 0 Å². The van der Waals surface area contributed by atoms with Crippen LogP contribution in [-0.2, 0) is 16.0 Å². The number of rotatable bonds is 3. The highest BCUT2D eigenvalue weighted by atomic mass is 16.2. The SMILES string of the molecule is CCc1ccc(N2CCC(=O)NC(CC)C2=O)cc1. The molecule has 1 atom stereocenters. The highest BCUT2D eigenvalue weighted by Gasteiger charge is 2.29. The molecule has 4 heteroatoms. The molecule has 0 bridgehead atoms. The zero-order valence-electron chi connectivity index (χ0n) is 11.5. The van der Waals surface area contributed by atoms with Gasteiger partial charge in [-0.15, -0.1) is 0 Å². The summed E-state index contributed by atoms with van der Waals surface area (Å²) in [6.07, 6.45) is 1.96. The van der Waals surface area contributed by atoms with Crippen LogP contribution in [0.5, 0.6) is 0 Å². The van der Waals surface area contributed by atoms with Crippen molar-refractivity contribution in [3.8, 4) is 0 Å². The van der Waals surface area contributed by atoms with Crippen molar-refractivity contribution in [2.45, 2.75) is 39.2 Å². The Morgan fingerprint density at radius 2 is 1.89 bits per heavy atom. The Balaban J connectivity index is 2.25. The summed E-state index contributed by atoms with van der Waals surface area (Å²) >= 11 is 0. The van der Waals surface area contributed by atoms with Gasteiger partial charge in [-0.05, 0) is 30.5 Å². The minimum absolute atomic E-state index is 0.0161. The molecule has 1 saturated heterocycles. The van der Waals surface area contributed by atoms with Crippen molar-refractivity contribution in [1.29, 1.82) is 0 Å². The molecule has 0 aliphatic carbocycles.